The molecule has 0 saturated heterocycles. The lowest BCUT2D eigenvalue weighted by Crippen LogP contribution is -2.03. The molecule has 0 fully saturated rings. The minimum atomic E-state index is 0.782. The van der Waals surface area contributed by atoms with Gasteiger partial charge in [-0.2, -0.15) is 0 Å². The minimum Gasteiger partial charge on any atom is -0.324 e. The van der Waals surface area contributed by atoms with Gasteiger partial charge in [0, 0.05) is 23.8 Å². The van der Waals surface area contributed by atoms with Crippen molar-refractivity contribution in [3.63, 3.8) is 0 Å². The van der Waals surface area contributed by atoms with E-state index in [4.69, 9.17) is 0 Å². The Bertz CT molecular complexity index is 716. The number of rotatable bonds is 3. The lowest BCUT2D eigenvalue weighted by molar-refractivity contribution is 1.05. The number of anilines is 2. The van der Waals surface area contributed by atoms with Gasteiger partial charge in [0.25, 0.3) is 0 Å². The second-order valence-corrected chi connectivity index (χ2v) is 4.67. The van der Waals surface area contributed by atoms with Gasteiger partial charge in [0.15, 0.2) is 0 Å². The summed E-state index contributed by atoms with van der Waals surface area (Å²) in [6.45, 7) is 3.98. The number of hydrogen-bond acceptors (Lipinski definition) is 3. The summed E-state index contributed by atoms with van der Waals surface area (Å²) in [6.07, 6.45) is 3.72. The molecule has 0 aliphatic carbocycles. The molecule has 0 atom stereocenters. The van der Waals surface area contributed by atoms with Crippen molar-refractivity contribution in [3.8, 4) is 5.69 Å². The predicted octanol–water partition coefficient (Wildman–Crippen LogP) is 3.63. The molecular formula is C16H16N4. The molecule has 3 aromatic rings. The molecule has 4 nitrogen and oxygen atoms in total. The minimum absolute atomic E-state index is 0.782. The molecule has 1 N–H and O–H groups in total. The molecule has 1 aromatic carbocycles. The van der Waals surface area contributed by atoms with Crippen LogP contribution in [0.5, 0.6) is 0 Å². The van der Waals surface area contributed by atoms with Crippen molar-refractivity contribution in [1.29, 1.82) is 0 Å². The number of para-hydroxylation sites is 1. The van der Waals surface area contributed by atoms with Crippen LogP contribution in [0.25, 0.3) is 5.69 Å². The van der Waals surface area contributed by atoms with Crippen LogP contribution in [0.4, 0.5) is 11.6 Å². The van der Waals surface area contributed by atoms with Gasteiger partial charge in [-0.25, -0.2) is 4.98 Å². The molecule has 2 heterocycles. The Kier molecular flexibility index (Phi) is 3.21. The number of nitrogens with zero attached hydrogens (tertiary/aromatic N) is 3. The van der Waals surface area contributed by atoms with E-state index in [0.29, 0.717) is 0 Å². The molecular weight excluding hydrogens is 248 g/mol. The zero-order chi connectivity index (χ0) is 13.9. The van der Waals surface area contributed by atoms with Gasteiger partial charge < -0.3 is 5.32 Å². The lowest BCUT2D eigenvalue weighted by Gasteiger charge is -2.11. The highest BCUT2D eigenvalue weighted by molar-refractivity contribution is 5.58. The average molecular weight is 264 g/mol. The van der Waals surface area contributed by atoms with E-state index < -0.39 is 0 Å². The van der Waals surface area contributed by atoms with Gasteiger partial charge in [0.05, 0.1) is 11.4 Å². The first-order chi connectivity index (χ1) is 9.74. The Morgan fingerprint density at radius 1 is 1.00 bits per heavy atom. The van der Waals surface area contributed by atoms with Crippen LogP contribution in [0.15, 0.2) is 54.9 Å². The molecule has 0 radical (unpaired) electrons. The van der Waals surface area contributed by atoms with Crippen molar-refractivity contribution in [2.24, 2.45) is 0 Å². The zero-order valence-corrected chi connectivity index (χ0v) is 11.5. The maximum Gasteiger partial charge on any atom is 0.212 e. The van der Waals surface area contributed by atoms with Crippen LogP contribution in [0, 0.1) is 13.8 Å². The highest BCUT2D eigenvalue weighted by Crippen LogP contribution is 2.21. The van der Waals surface area contributed by atoms with E-state index >= 15 is 0 Å². The maximum absolute atomic E-state index is 4.46. The van der Waals surface area contributed by atoms with Crippen LogP contribution in [-0.4, -0.2) is 14.5 Å². The summed E-state index contributed by atoms with van der Waals surface area (Å²) in [4.78, 5) is 8.83. The van der Waals surface area contributed by atoms with E-state index in [1.165, 1.54) is 0 Å². The Morgan fingerprint density at radius 3 is 2.55 bits per heavy atom. The summed E-state index contributed by atoms with van der Waals surface area (Å²) in [5, 5.41) is 3.34. The summed E-state index contributed by atoms with van der Waals surface area (Å²) in [5.41, 5.74) is 4.02. The monoisotopic (exact) mass is 264 g/mol. The van der Waals surface area contributed by atoms with Gasteiger partial charge in [-0.05, 0) is 38.1 Å². The number of pyridine rings is 1. The van der Waals surface area contributed by atoms with Gasteiger partial charge in [-0.1, -0.05) is 18.2 Å². The Balaban J connectivity index is 1.95. The van der Waals surface area contributed by atoms with Crippen LogP contribution in [-0.2, 0) is 0 Å². The topological polar surface area (TPSA) is 42.7 Å². The number of benzene rings is 1. The molecule has 4 heteroatoms. The van der Waals surface area contributed by atoms with Crippen molar-refractivity contribution >= 4 is 11.6 Å². The van der Waals surface area contributed by atoms with E-state index in [0.717, 1.165) is 28.7 Å². The predicted molar refractivity (Wildman–Crippen MR) is 80.6 cm³/mol. The second-order valence-electron chi connectivity index (χ2n) is 4.67. The SMILES string of the molecule is Cc1ccc(Nc2nccn2-c2ccccc2)c(C)n1. The van der Waals surface area contributed by atoms with Crippen LogP contribution in [0.1, 0.15) is 11.4 Å². The van der Waals surface area contributed by atoms with Crippen LogP contribution in [0.2, 0.25) is 0 Å². The quantitative estimate of drug-likeness (QED) is 0.785. The van der Waals surface area contributed by atoms with Crippen molar-refractivity contribution in [3.05, 3.63) is 66.2 Å². The van der Waals surface area contributed by atoms with Crippen molar-refractivity contribution < 1.29 is 0 Å². The maximum atomic E-state index is 4.46. The number of hydrogen-bond donors (Lipinski definition) is 1. The molecule has 0 spiro atoms. The third kappa shape index (κ3) is 2.40. The highest BCUT2D eigenvalue weighted by Gasteiger charge is 2.07. The summed E-state index contributed by atoms with van der Waals surface area (Å²) in [6, 6.07) is 14.1. The van der Waals surface area contributed by atoms with Gasteiger partial charge in [0.2, 0.25) is 5.95 Å². The fraction of sp³-hybridized carbons (Fsp3) is 0.125. The van der Waals surface area contributed by atoms with Crippen LogP contribution < -0.4 is 5.32 Å². The standard InChI is InChI=1S/C16H16N4/c1-12-8-9-15(13(2)18-12)19-16-17-10-11-20(16)14-6-4-3-5-7-14/h3-11H,1-2H3,(H,17,19). The Labute approximate surface area is 118 Å². The van der Waals surface area contributed by atoms with E-state index in [1.807, 2.05) is 67.1 Å². The molecule has 0 bridgehead atoms. The van der Waals surface area contributed by atoms with Crippen molar-refractivity contribution in [1.82, 2.24) is 14.5 Å². The molecule has 3 rings (SSSR count). The normalized spacial score (nSPS) is 10.5. The first kappa shape index (κ1) is 12.4. The fourth-order valence-corrected chi connectivity index (χ4v) is 2.13. The first-order valence-electron chi connectivity index (χ1n) is 6.54. The summed E-state index contributed by atoms with van der Waals surface area (Å²) in [5.74, 6) is 0.782. The van der Waals surface area contributed by atoms with Gasteiger partial charge in [-0.15, -0.1) is 0 Å². The van der Waals surface area contributed by atoms with Gasteiger partial charge >= 0.3 is 0 Å². The number of imidazole rings is 1. The van der Waals surface area contributed by atoms with Crippen molar-refractivity contribution in [2.75, 3.05) is 5.32 Å². The second kappa shape index (κ2) is 5.17. The molecule has 0 amide bonds. The number of nitrogens with one attached hydrogen (secondary N) is 1. The molecule has 0 unspecified atom stereocenters. The third-order valence-electron chi connectivity index (χ3n) is 3.15. The van der Waals surface area contributed by atoms with E-state index in [1.54, 1.807) is 6.20 Å². The Hall–Kier alpha value is -2.62. The van der Waals surface area contributed by atoms with Gasteiger partial charge in [-0.3, -0.25) is 9.55 Å². The smallest absolute Gasteiger partial charge is 0.212 e. The van der Waals surface area contributed by atoms with E-state index in [-0.39, 0.29) is 0 Å². The summed E-state index contributed by atoms with van der Waals surface area (Å²) >= 11 is 0. The molecule has 100 valence electrons. The molecule has 2 aromatic heterocycles. The number of aryl methyl sites for hydroxylation is 2. The van der Waals surface area contributed by atoms with E-state index in [9.17, 15) is 0 Å². The molecule has 0 saturated carbocycles. The highest BCUT2D eigenvalue weighted by atomic mass is 15.2. The van der Waals surface area contributed by atoms with Crippen molar-refractivity contribution in [2.45, 2.75) is 13.8 Å². The average Bonchev–Trinajstić information content (AvgIpc) is 2.91. The third-order valence-corrected chi connectivity index (χ3v) is 3.15. The summed E-state index contributed by atoms with van der Waals surface area (Å²) in [7, 11) is 0. The van der Waals surface area contributed by atoms with Crippen LogP contribution >= 0.6 is 0 Å². The molecule has 20 heavy (non-hydrogen) atoms. The molecule has 0 aliphatic rings. The summed E-state index contributed by atoms with van der Waals surface area (Å²) < 4.78 is 2.01. The van der Waals surface area contributed by atoms with Crippen LogP contribution in [0.3, 0.4) is 0 Å². The largest absolute Gasteiger partial charge is 0.324 e. The fourth-order valence-electron chi connectivity index (χ4n) is 2.13. The molecule has 0 aliphatic heterocycles. The zero-order valence-electron chi connectivity index (χ0n) is 11.5. The lowest BCUT2D eigenvalue weighted by atomic mass is 10.3. The van der Waals surface area contributed by atoms with Gasteiger partial charge in [0.1, 0.15) is 0 Å². The first-order valence-corrected chi connectivity index (χ1v) is 6.54. The Morgan fingerprint density at radius 2 is 1.80 bits per heavy atom. The number of aromatic nitrogens is 3. The van der Waals surface area contributed by atoms with E-state index in [2.05, 4.69) is 15.3 Å².